The van der Waals surface area contributed by atoms with Gasteiger partial charge in [0, 0.05) is 11.1 Å². The first kappa shape index (κ1) is 24.9. The normalized spacial score (nSPS) is 12.2. The topological polar surface area (TPSA) is 84.5 Å². The van der Waals surface area contributed by atoms with Crippen LogP contribution in [0.3, 0.4) is 0 Å². The van der Waals surface area contributed by atoms with Crippen LogP contribution in [0.15, 0.2) is 89.8 Å². The average molecular weight is 529 g/mol. The highest BCUT2D eigenvalue weighted by molar-refractivity contribution is 7.92. The highest BCUT2D eigenvalue weighted by atomic mass is 35.5. The van der Waals surface area contributed by atoms with Gasteiger partial charge < -0.3 is 10.1 Å². The number of anilines is 2. The molecular weight excluding hydrogens is 507 g/mol. The quantitative estimate of drug-likeness (QED) is 0.265. The number of sulfonamides is 1. The van der Waals surface area contributed by atoms with Gasteiger partial charge in [-0.05, 0) is 54.3 Å². The number of nitrogens with one attached hydrogen (secondary N) is 2. The van der Waals surface area contributed by atoms with Crippen LogP contribution in [0.1, 0.15) is 13.3 Å². The summed E-state index contributed by atoms with van der Waals surface area (Å²) >= 11 is 12.0. The third-order valence-electron chi connectivity index (χ3n) is 5.31. The second-order valence-electron chi connectivity index (χ2n) is 7.71. The molecular formula is C26H22Cl2N2O4S. The first-order valence-electron chi connectivity index (χ1n) is 10.8. The summed E-state index contributed by atoms with van der Waals surface area (Å²) in [7, 11) is -3.91. The Bertz CT molecular complexity index is 1470. The molecule has 0 aliphatic rings. The molecule has 35 heavy (non-hydrogen) atoms. The van der Waals surface area contributed by atoms with Crippen molar-refractivity contribution in [1.82, 2.24) is 0 Å². The van der Waals surface area contributed by atoms with Crippen molar-refractivity contribution in [1.29, 1.82) is 0 Å². The van der Waals surface area contributed by atoms with E-state index < -0.39 is 16.1 Å². The van der Waals surface area contributed by atoms with E-state index in [-0.39, 0.29) is 26.5 Å². The summed E-state index contributed by atoms with van der Waals surface area (Å²) in [5.41, 5.74) is 0.614. The predicted octanol–water partition coefficient (Wildman–Crippen LogP) is 6.74. The van der Waals surface area contributed by atoms with Gasteiger partial charge in [0.2, 0.25) is 0 Å². The van der Waals surface area contributed by atoms with Gasteiger partial charge in [-0.25, -0.2) is 8.42 Å². The summed E-state index contributed by atoms with van der Waals surface area (Å²) in [5.74, 6) is 0.289. The van der Waals surface area contributed by atoms with Crippen molar-refractivity contribution in [3.8, 4) is 5.75 Å². The van der Waals surface area contributed by atoms with Gasteiger partial charge in [0.25, 0.3) is 15.9 Å². The Balaban J connectivity index is 1.46. The molecule has 4 aromatic carbocycles. The number of carbonyl (C=O) groups is 1. The molecule has 180 valence electrons. The number of rotatable bonds is 8. The molecule has 6 nitrogen and oxygen atoms in total. The fraction of sp³-hybridized carbons (Fsp3) is 0.115. The molecule has 0 aliphatic carbocycles. The van der Waals surface area contributed by atoms with Crippen LogP contribution in [-0.4, -0.2) is 20.4 Å². The maximum Gasteiger partial charge on any atom is 0.265 e. The standard InChI is InChI=1S/C26H22Cl2N2O4S/c1-2-23(34-24-12-5-8-17-7-3-4-9-20(17)24)26(31)29-18-13-15-19(16-14-18)35(32,33)30-22-11-6-10-21(27)25(22)28/h3-16,23,30H,2H2,1H3,(H,29,31)/t23-/m0/s1. The fourth-order valence-corrected chi connectivity index (χ4v) is 4.98. The van der Waals surface area contributed by atoms with E-state index >= 15 is 0 Å². The smallest absolute Gasteiger partial charge is 0.265 e. The lowest BCUT2D eigenvalue weighted by Gasteiger charge is -2.18. The molecule has 9 heteroatoms. The van der Waals surface area contributed by atoms with Crippen LogP contribution in [0.25, 0.3) is 10.8 Å². The largest absolute Gasteiger partial charge is 0.480 e. The number of amides is 1. The Kier molecular flexibility index (Phi) is 7.50. The maximum atomic E-state index is 12.9. The van der Waals surface area contributed by atoms with Crippen LogP contribution in [-0.2, 0) is 14.8 Å². The summed E-state index contributed by atoms with van der Waals surface area (Å²) in [6.07, 6.45) is -0.276. The molecule has 0 saturated heterocycles. The minimum atomic E-state index is -3.91. The molecule has 0 spiro atoms. The van der Waals surface area contributed by atoms with E-state index in [1.54, 1.807) is 12.1 Å². The van der Waals surface area contributed by atoms with Gasteiger partial charge in [0.1, 0.15) is 5.75 Å². The van der Waals surface area contributed by atoms with Gasteiger partial charge in [-0.1, -0.05) is 72.6 Å². The molecule has 0 aliphatic heterocycles. The van der Waals surface area contributed by atoms with Crippen LogP contribution in [0, 0.1) is 0 Å². The third-order valence-corrected chi connectivity index (χ3v) is 7.51. The van der Waals surface area contributed by atoms with E-state index in [4.69, 9.17) is 27.9 Å². The summed E-state index contributed by atoms with van der Waals surface area (Å²) in [4.78, 5) is 12.9. The van der Waals surface area contributed by atoms with E-state index in [9.17, 15) is 13.2 Å². The van der Waals surface area contributed by atoms with Crippen molar-refractivity contribution in [3.63, 3.8) is 0 Å². The van der Waals surface area contributed by atoms with Crippen molar-refractivity contribution in [2.45, 2.75) is 24.3 Å². The number of carbonyl (C=O) groups excluding carboxylic acids is 1. The van der Waals surface area contributed by atoms with Crippen LogP contribution >= 0.6 is 23.2 Å². The Morgan fingerprint density at radius 2 is 1.60 bits per heavy atom. The molecule has 0 aromatic heterocycles. The number of benzene rings is 4. The Morgan fingerprint density at radius 3 is 2.34 bits per heavy atom. The Morgan fingerprint density at radius 1 is 0.914 bits per heavy atom. The summed E-state index contributed by atoms with van der Waals surface area (Å²) in [6, 6.07) is 24.0. The number of ether oxygens (including phenoxy) is 1. The molecule has 0 bridgehead atoms. The first-order valence-corrected chi connectivity index (χ1v) is 13.0. The lowest BCUT2D eigenvalue weighted by molar-refractivity contribution is -0.122. The van der Waals surface area contributed by atoms with Gasteiger partial charge in [-0.3, -0.25) is 9.52 Å². The van der Waals surface area contributed by atoms with Crippen molar-refractivity contribution in [2.24, 2.45) is 0 Å². The highest BCUT2D eigenvalue weighted by Crippen LogP contribution is 2.31. The minimum absolute atomic E-state index is 0.00517. The van der Waals surface area contributed by atoms with E-state index in [1.807, 2.05) is 49.4 Å². The monoisotopic (exact) mass is 528 g/mol. The lowest BCUT2D eigenvalue weighted by atomic mass is 10.1. The zero-order valence-electron chi connectivity index (χ0n) is 18.7. The van der Waals surface area contributed by atoms with Crippen molar-refractivity contribution < 1.29 is 17.9 Å². The number of halogens is 2. The van der Waals surface area contributed by atoms with Gasteiger partial charge in [0.15, 0.2) is 6.10 Å². The molecule has 1 atom stereocenters. The lowest BCUT2D eigenvalue weighted by Crippen LogP contribution is -2.32. The second-order valence-corrected chi connectivity index (χ2v) is 10.2. The SMILES string of the molecule is CC[C@H](Oc1cccc2ccccc12)C(=O)Nc1ccc(S(=O)(=O)Nc2cccc(Cl)c2Cl)cc1. The van der Waals surface area contributed by atoms with Crippen LogP contribution in [0.2, 0.25) is 10.0 Å². The molecule has 0 saturated carbocycles. The molecule has 0 unspecified atom stereocenters. The van der Waals surface area contributed by atoms with Crippen LogP contribution in [0.5, 0.6) is 5.75 Å². The van der Waals surface area contributed by atoms with Gasteiger partial charge in [-0.2, -0.15) is 0 Å². The van der Waals surface area contributed by atoms with E-state index in [0.717, 1.165) is 10.8 Å². The average Bonchev–Trinajstić information content (AvgIpc) is 2.85. The summed E-state index contributed by atoms with van der Waals surface area (Å²) < 4.78 is 33.9. The number of hydrogen-bond donors (Lipinski definition) is 2. The van der Waals surface area contributed by atoms with Crippen LogP contribution in [0.4, 0.5) is 11.4 Å². The molecule has 2 N–H and O–H groups in total. The summed E-state index contributed by atoms with van der Waals surface area (Å²) in [5, 5.41) is 5.07. The fourth-order valence-electron chi connectivity index (χ4n) is 3.50. The maximum absolute atomic E-state index is 12.9. The number of hydrogen-bond acceptors (Lipinski definition) is 4. The predicted molar refractivity (Wildman–Crippen MR) is 141 cm³/mol. The second kappa shape index (κ2) is 10.6. The molecule has 1 amide bonds. The first-order chi connectivity index (χ1) is 16.8. The van der Waals surface area contributed by atoms with E-state index in [1.165, 1.54) is 30.3 Å². The molecule has 4 aromatic rings. The third kappa shape index (κ3) is 5.70. The highest BCUT2D eigenvalue weighted by Gasteiger charge is 2.21. The zero-order valence-corrected chi connectivity index (χ0v) is 21.0. The minimum Gasteiger partial charge on any atom is -0.480 e. The Hall–Kier alpha value is -3.26. The molecule has 4 rings (SSSR count). The van der Waals surface area contributed by atoms with Crippen molar-refractivity contribution >= 4 is 61.3 Å². The van der Waals surface area contributed by atoms with Gasteiger partial charge in [-0.15, -0.1) is 0 Å². The zero-order chi connectivity index (χ0) is 25.0. The molecule has 0 fully saturated rings. The van der Waals surface area contributed by atoms with E-state index in [0.29, 0.717) is 17.9 Å². The van der Waals surface area contributed by atoms with Gasteiger partial charge in [0.05, 0.1) is 20.6 Å². The summed E-state index contributed by atoms with van der Waals surface area (Å²) in [6.45, 7) is 1.86. The molecule has 0 heterocycles. The van der Waals surface area contributed by atoms with Gasteiger partial charge >= 0.3 is 0 Å². The van der Waals surface area contributed by atoms with Crippen molar-refractivity contribution in [3.05, 3.63) is 95.0 Å². The molecule has 0 radical (unpaired) electrons. The van der Waals surface area contributed by atoms with Crippen LogP contribution < -0.4 is 14.8 Å². The van der Waals surface area contributed by atoms with Crippen molar-refractivity contribution in [2.75, 3.05) is 10.0 Å². The Labute approximate surface area is 213 Å². The van der Waals surface area contributed by atoms with E-state index in [2.05, 4.69) is 10.0 Å². The number of fused-ring (bicyclic) bond motifs is 1.